The fraction of sp³-hybridized carbons (Fsp3) is 0.353. The van der Waals surface area contributed by atoms with Crippen molar-refractivity contribution in [2.75, 3.05) is 6.54 Å². The summed E-state index contributed by atoms with van der Waals surface area (Å²) in [6.07, 6.45) is 2.70. The van der Waals surface area contributed by atoms with Crippen LogP contribution < -0.4 is 10.3 Å². The van der Waals surface area contributed by atoms with E-state index < -0.39 is 6.61 Å². The average Bonchev–Trinajstić information content (AvgIpc) is 2.60. The van der Waals surface area contributed by atoms with E-state index in [2.05, 4.69) is 14.7 Å². The Balaban J connectivity index is 1.56. The van der Waals surface area contributed by atoms with Gasteiger partial charge in [-0.25, -0.2) is 4.98 Å². The molecule has 1 aliphatic rings. The van der Waals surface area contributed by atoms with Gasteiger partial charge in [0.25, 0.3) is 5.56 Å². The zero-order valence-electron chi connectivity index (χ0n) is 13.4. The van der Waals surface area contributed by atoms with Crippen molar-refractivity contribution in [3.8, 4) is 5.75 Å². The number of benzene rings is 1. The predicted molar refractivity (Wildman–Crippen MR) is 85.4 cm³/mol. The molecule has 132 valence electrons. The minimum absolute atomic E-state index is 0.0539. The smallest absolute Gasteiger partial charge is 0.387 e. The van der Waals surface area contributed by atoms with Gasteiger partial charge in [-0.05, 0) is 24.1 Å². The van der Waals surface area contributed by atoms with Gasteiger partial charge in [-0.1, -0.05) is 12.1 Å². The monoisotopic (exact) mass is 349 g/mol. The van der Waals surface area contributed by atoms with Crippen LogP contribution in [0.25, 0.3) is 0 Å². The third-order valence-electron chi connectivity index (χ3n) is 4.13. The molecule has 0 spiro atoms. The van der Waals surface area contributed by atoms with Gasteiger partial charge < -0.3 is 14.6 Å². The van der Waals surface area contributed by atoms with Crippen molar-refractivity contribution in [3.63, 3.8) is 0 Å². The molecule has 1 N–H and O–H groups in total. The first-order valence-corrected chi connectivity index (χ1v) is 7.90. The number of nitrogens with one attached hydrogen (secondary N) is 1. The molecule has 1 aromatic carbocycles. The summed E-state index contributed by atoms with van der Waals surface area (Å²) in [5.41, 5.74) is 1.92. The summed E-state index contributed by atoms with van der Waals surface area (Å²) in [6, 6.07) is 6.22. The first-order chi connectivity index (χ1) is 12.0. The molecule has 0 saturated heterocycles. The summed E-state index contributed by atoms with van der Waals surface area (Å²) in [6.45, 7) is -2.06. The summed E-state index contributed by atoms with van der Waals surface area (Å²) >= 11 is 0. The lowest BCUT2D eigenvalue weighted by Gasteiger charge is -2.27. The highest BCUT2D eigenvalue weighted by atomic mass is 19.3. The van der Waals surface area contributed by atoms with Gasteiger partial charge in [-0.2, -0.15) is 8.78 Å². The number of ether oxygens (including phenoxy) is 1. The largest absolute Gasteiger partial charge is 0.435 e. The summed E-state index contributed by atoms with van der Waals surface area (Å²) < 4.78 is 28.5. The Hall–Kier alpha value is -2.77. The molecule has 1 amide bonds. The Labute approximate surface area is 142 Å². The third kappa shape index (κ3) is 4.20. The Morgan fingerprint density at radius 1 is 1.32 bits per heavy atom. The van der Waals surface area contributed by atoms with Crippen LogP contribution in [-0.2, 0) is 24.2 Å². The molecule has 0 aliphatic carbocycles. The van der Waals surface area contributed by atoms with Crippen LogP contribution in [0.2, 0.25) is 0 Å². The van der Waals surface area contributed by atoms with Crippen LogP contribution in [-0.4, -0.2) is 33.9 Å². The van der Waals surface area contributed by atoms with E-state index >= 15 is 0 Å². The summed E-state index contributed by atoms with van der Waals surface area (Å²) in [4.78, 5) is 32.5. The number of aromatic nitrogens is 2. The molecular formula is C17H17F2N3O3. The normalized spacial score (nSPS) is 13.6. The number of carbonyl (C=O) groups is 1. The average molecular weight is 349 g/mol. The van der Waals surface area contributed by atoms with Gasteiger partial charge in [0.2, 0.25) is 5.91 Å². The van der Waals surface area contributed by atoms with Gasteiger partial charge in [-0.15, -0.1) is 0 Å². The van der Waals surface area contributed by atoms with Crippen molar-refractivity contribution in [2.45, 2.75) is 32.4 Å². The number of fused-ring (bicyclic) bond motifs is 1. The number of rotatable bonds is 5. The van der Waals surface area contributed by atoms with E-state index in [9.17, 15) is 18.4 Å². The second-order valence-corrected chi connectivity index (χ2v) is 5.74. The van der Waals surface area contributed by atoms with Gasteiger partial charge in [0.15, 0.2) is 0 Å². The number of hydrogen-bond acceptors (Lipinski definition) is 4. The first kappa shape index (κ1) is 17.1. The number of nitrogens with zero attached hydrogens (tertiary/aromatic N) is 2. The molecule has 6 nitrogen and oxygen atoms in total. The lowest BCUT2D eigenvalue weighted by atomic mass is 10.1. The molecule has 1 aromatic heterocycles. The fourth-order valence-corrected chi connectivity index (χ4v) is 2.81. The molecule has 0 atom stereocenters. The van der Waals surface area contributed by atoms with Crippen molar-refractivity contribution in [2.24, 2.45) is 0 Å². The highest BCUT2D eigenvalue weighted by Gasteiger charge is 2.23. The molecule has 1 aliphatic heterocycles. The fourth-order valence-electron chi connectivity index (χ4n) is 2.81. The molecule has 0 fully saturated rings. The predicted octanol–water partition coefficient (Wildman–Crippen LogP) is 1.89. The van der Waals surface area contributed by atoms with E-state index in [0.717, 1.165) is 11.3 Å². The van der Waals surface area contributed by atoms with Crippen molar-refractivity contribution in [3.05, 3.63) is 57.8 Å². The van der Waals surface area contributed by atoms with Crippen LogP contribution >= 0.6 is 0 Å². The second-order valence-electron chi connectivity index (χ2n) is 5.74. The van der Waals surface area contributed by atoms with Crippen LogP contribution in [0.3, 0.4) is 0 Å². The zero-order valence-corrected chi connectivity index (χ0v) is 13.4. The summed E-state index contributed by atoms with van der Waals surface area (Å²) in [7, 11) is 0. The number of alkyl halides is 2. The highest BCUT2D eigenvalue weighted by molar-refractivity contribution is 5.76. The summed E-state index contributed by atoms with van der Waals surface area (Å²) in [5.74, 6) is 0.0336. The molecule has 2 heterocycles. The van der Waals surface area contributed by atoms with Gasteiger partial charge in [-0.3, -0.25) is 9.59 Å². The van der Waals surface area contributed by atoms with Crippen LogP contribution in [0, 0.1) is 0 Å². The standard InChI is InChI=1S/C17H17F2N3O3/c18-17(19)25-12-4-1-11(2-5-12)3-6-15(23)22-8-7-14-13(9-22)16(24)21-10-20-14/h1-2,4-5,10,17H,3,6-9H2,(H,20,21,24). The number of amides is 1. The molecule has 2 aromatic rings. The highest BCUT2D eigenvalue weighted by Crippen LogP contribution is 2.17. The lowest BCUT2D eigenvalue weighted by Crippen LogP contribution is -2.39. The zero-order chi connectivity index (χ0) is 17.8. The number of halogens is 2. The van der Waals surface area contributed by atoms with E-state index in [1.54, 1.807) is 17.0 Å². The van der Waals surface area contributed by atoms with E-state index in [1.165, 1.54) is 18.5 Å². The Kier molecular flexibility index (Phi) is 5.06. The molecule has 0 radical (unpaired) electrons. The van der Waals surface area contributed by atoms with Crippen LogP contribution in [0.5, 0.6) is 5.75 Å². The maximum absolute atomic E-state index is 12.4. The number of aryl methyl sites for hydroxylation is 1. The Bertz CT molecular complexity index is 806. The molecule has 8 heteroatoms. The Morgan fingerprint density at radius 2 is 2.08 bits per heavy atom. The number of H-pyrrole nitrogens is 1. The van der Waals surface area contributed by atoms with Crippen molar-refractivity contribution >= 4 is 5.91 Å². The quantitative estimate of drug-likeness (QED) is 0.894. The second kappa shape index (κ2) is 7.42. The Morgan fingerprint density at radius 3 is 2.80 bits per heavy atom. The van der Waals surface area contributed by atoms with Crippen LogP contribution in [0.4, 0.5) is 8.78 Å². The maximum atomic E-state index is 12.4. The molecule has 0 bridgehead atoms. The molecule has 3 rings (SSSR count). The SMILES string of the molecule is O=C(CCc1ccc(OC(F)F)cc1)N1CCc2nc[nH]c(=O)c2C1. The molecule has 0 unspecified atom stereocenters. The first-order valence-electron chi connectivity index (χ1n) is 7.90. The van der Waals surface area contributed by atoms with Gasteiger partial charge in [0.1, 0.15) is 5.75 Å². The van der Waals surface area contributed by atoms with E-state index in [1.807, 2.05) is 0 Å². The van der Waals surface area contributed by atoms with Crippen molar-refractivity contribution in [1.82, 2.24) is 14.9 Å². The number of hydrogen-bond donors (Lipinski definition) is 1. The van der Waals surface area contributed by atoms with Crippen LogP contribution in [0.1, 0.15) is 23.2 Å². The lowest BCUT2D eigenvalue weighted by molar-refractivity contribution is -0.132. The van der Waals surface area contributed by atoms with E-state index in [0.29, 0.717) is 24.9 Å². The molecule has 0 saturated carbocycles. The van der Waals surface area contributed by atoms with Gasteiger partial charge in [0, 0.05) is 19.4 Å². The maximum Gasteiger partial charge on any atom is 0.387 e. The van der Waals surface area contributed by atoms with Crippen molar-refractivity contribution in [1.29, 1.82) is 0 Å². The van der Waals surface area contributed by atoms with E-state index in [4.69, 9.17) is 0 Å². The molecule has 25 heavy (non-hydrogen) atoms. The van der Waals surface area contributed by atoms with Crippen LogP contribution in [0.15, 0.2) is 35.4 Å². The van der Waals surface area contributed by atoms with E-state index in [-0.39, 0.29) is 30.2 Å². The third-order valence-corrected chi connectivity index (χ3v) is 4.13. The summed E-state index contributed by atoms with van der Waals surface area (Å²) in [5, 5.41) is 0. The minimum atomic E-state index is -2.85. The number of carbonyl (C=O) groups excluding carboxylic acids is 1. The minimum Gasteiger partial charge on any atom is -0.435 e. The van der Waals surface area contributed by atoms with Gasteiger partial charge >= 0.3 is 6.61 Å². The molecular weight excluding hydrogens is 332 g/mol. The van der Waals surface area contributed by atoms with Gasteiger partial charge in [0.05, 0.1) is 24.1 Å². The number of aromatic amines is 1. The van der Waals surface area contributed by atoms with Crippen molar-refractivity contribution < 1.29 is 18.3 Å². The topological polar surface area (TPSA) is 75.3 Å².